The number of nitrogens with two attached hydrogens (primary N) is 1. The number of esters is 1. The highest BCUT2D eigenvalue weighted by atomic mass is 19.4. The lowest BCUT2D eigenvalue weighted by atomic mass is 10.00. The van der Waals surface area contributed by atoms with Crippen molar-refractivity contribution in [1.82, 2.24) is 0 Å². The van der Waals surface area contributed by atoms with Gasteiger partial charge < -0.3 is 10.5 Å². The van der Waals surface area contributed by atoms with Gasteiger partial charge >= 0.3 is 12.1 Å². The van der Waals surface area contributed by atoms with Gasteiger partial charge in [0.05, 0.1) is 12.2 Å². The lowest BCUT2D eigenvalue weighted by Crippen LogP contribution is -2.35. The molecular formula is C12H13F4NO2. The second-order valence-corrected chi connectivity index (χ2v) is 3.86. The van der Waals surface area contributed by atoms with Crippen molar-refractivity contribution >= 4 is 5.97 Å². The summed E-state index contributed by atoms with van der Waals surface area (Å²) in [4.78, 5) is 11.3. The van der Waals surface area contributed by atoms with Crippen LogP contribution in [0, 0.1) is 5.82 Å². The molecule has 0 aliphatic rings. The van der Waals surface area contributed by atoms with Gasteiger partial charge in [0.1, 0.15) is 11.9 Å². The lowest BCUT2D eigenvalue weighted by Gasteiger charge is -2.15. The molecule has 1 atom stereocenters. The summed E-state index contributed by atoms with van der Waals surface area (Å²) in [5, 5.41) is 0. The fourth-order valence-corrected chi connectivity index (χ4v) is 1.58. The zero-order chi connectivity index (χ0) is 14.6. The Labute approximate surface area is 107 Å². The van der Waals surface area contributed by atoms with Crippen LogP contribution in [-0.2, 0) is 22.1 Å². The molecule has 0 aromatic heterocycles. The molecule has 106 valence electrons. The zero-order valence-corrected chi connectivity index (χ0v) is 10.1. The SMILES string of the molecule is CCOC(=O)C(N)Cc1cc(F)ccc1C(F)(F)F. The minimum atomic E-state index is -4.63. The van der Waals surface area contributed by atoms with Crippen LogP contribution in [0.4, 0.5) is 17.6 Å². The molecule has 1 aromatic rings. The molecule has 7 heteroatoms. The maximum atomic E-state index is 13.0. The number of alkyl halides is 3. The van der Waals surface area contributed by atoms with Gasteiger partial charge in [-0.3, -0.25) is 4.79 Å². The van der Waals surface area contributed by atoms with E-state index in [2.05, 4.69) is 4.74 Å². The van der Waals surface area contributed by atoms with E-state index in [0.717, 1.165) is 6.07 Å². The van der Waals surface area contributed by atoms with Gasteiger partial charge in [0.25, 0.3) is 0 Å². The minimum absolute atomic E-state index is 0.0712. The number of hydrogen-bond donors (Lipinski definition) is 1. The molecule has 0 heterocycles. The van der Waals surface area contributed by atoms with Gasteiger partial charge in [0.15, 0.2) is 0 Å². The van der Waals surface area contributed by atoms with Crippen LogP contribution >= 0.6 is 0 Å². The maximum absolute atomic E-state index is 13.0. The molecule has 3 nitrogen and oxygen atoms in total. The molecule has 0 aliphatic heterocycles. The molecule has 0 bridgehead atoms. The van der Waals surface area contributed by atoms with Gasteiger partial charge in [-0.25, -0.2) is 4.39 Å². The van der Waals surface area contributed by atoms with Crippen molar-refractivity contribution in [1.29, 1.82) is 0 Å². The molecule has 0 spiro atoms. The van der Waals surface area contributed by atoms with Crippen molar-refractivity contribution in [3.63, 3.8) is 0 Å². The monoisotopic (exact) mass is 279 g/mol. The molecule has 0 saturated carbocycles. The highest BCUT2D eigenvalue weighted by molar-refractivity contribution is 5.76. The Balaban J connectivity index is 2.99. The number of hydrogen-bond acceptors (Lipinski definition) is 3. The number of ether oxygens (including phenoxy) is 1. The molecule has 0 saturated heterocycles. The van der Waals surface area contributed by atoms with Crippen LogP contribution in [-0.4, -0.2) is 18.6 Å². The summed E-state index contributed by atoms with van der Waals surface area (Å²) >= 11 is 0. The number of carbonyl (C=O) groups excluding carboxylic acids is 1. The Morgan fingerprint density at radius 1 is 1.42 bits per heavy atom. The summed E-state index contributed by atoms with van der Waals surface area (Å²) in [6.07, 6.45) is -5.07. The van der Waals surface area contributed by atoms with Crippen molar-refractivity contribution in [3.8, 4) is 0 Å². The first-order valence-corrected chi connectivity index (χ1v) is 5.53. The number of halogens is 4. The first-order valence-electron chi connectivity index (χ1n) is 5.53. The highest BCUT2D eigenvalue weighted by Crippen LogP contribution is 2.32. The molecule has 2 N–H and O–H groups in total. The van der Waals surface area contributed by atoms with Crippen molar-refractivity contribution in [2.24, 2.45) is 5.73 Å². The van der Waals surface area contributed by atoms with Crippen LogP contribution in [0.3, 0.4) is 0 Å². The molecule has 0 fully saturated rings. The normalized spacial score (nSPS) is 13.2. The van der Waals surface area contributed by atoms with Gasteiger partial charge in [0, 0.05) is 0 Å². The maximum Gasteiger partial charge on any atom is 0.416 e. The highest BCUT2D eigenvalue weighted by Gasteiger charge is 2.34. The standard InChI is InChI=1S/C12H13F4NO2/c1-2-19-11(18)10(17)6-7-5-8(13)3-4-9(7)12(14,15)16/h3-5,10H,2,6,17H2,1H3. The fraction of sp³-hybridized carbons (Fsp3) is 0.417. The predicted molar refractivity (Wildman–Crippen MR) is 59.7 cm³/mol. The third kappa shape index (κ3) is 4.20. The van der Waals surface area contributed by atoms with E-state index in [9.17, 15) is 22.4 Å². The van der Waals surface area contributed by atoms with E-state index in [1.165, 1.54) is 0 Å². The van der Waals surface area contributed by atoms with Crippen molar-refractivity contribution in [2.45, 2.75) is 25.6 Å². The van der Waals surface area contributed by atoms with E-state index in [-0.39, 0.29) is 12.2 Å². The van der Waals surface area contributed by atoms with Crippen LogP contribution in [0.25, 0.3) is 0 Å². The van der Waals surface area contributed by atoms with E-state index < -0.39 is 36.0 Å². The minimum Gasteiger partial charge on any atom is -0.465 e. The quantitative estimate of drug-likeness (QED) is 0.679. The van der Waals surface area contributed by atoms with Gasteiger partial charge in [-0.1, -0.05) is 0 Å². The molecule has 1 unspecified atom stereocenters. The third-order valence-corrected chi connectivity index (χ3v) is 2.40. The van der Waals surface area contributed by atoms with E-state index >= 15 is 0 Å². The summed E-state index contributed by atoms with van der Waals surface area (Å²) in [6.45, 7) is 1.62. The predicted octanol–water partition coefficient (Wildman–Crippen LogP) is 2.28. The summed E-state index contributed by atoms with van der Waals surface area (Å²) < 4.78 is 55.7. The molecule has 1 aromatic carbocycles. The largest absolute Gasteiger partial charge is 0.465 e. The van der Waals surface area contributed by atoms with Crippen molar-refractivity contribution in [3.05, 3.63) is 35.1 Å². The Hall–Kier alpha value is -1.63. The number of benzene rings is 1. The van der Waals surface area contributed by atoms with Crippen LogP contribution in [0.1, 0.15) is 18.1 Å². The molecule has 1 rings (SSSR count). The van der Waals surface area contributed by atoms with Crippen molar-refractivity contribution in [2.75, 3.05) is 6.61 Å². The van der Waals surface area contributed by atoms with Gasteiger partial charge in [-0.15, -0.1) is 0 Å². The summed E-state index contributed by atoms with van der Waals surface area (Å²) in [5.74, 6) is -1.64. The molecule has 19 heavy (non-hydrogen) atoms. The van der Waals surface area contributed by atoms with Gasteiger partial charge in [-0.05, 0) is 37.1 Å². The smallest absolute Gasteiger partial charge is 0.416 e. The van der Waals surface area contributed by atoms with E-state index in [1.54, 1.807) is 6.92 Å². The topological polar surface area (TPSA) is 52.3 Å². The lowest BCUT2D eigenvalue weighted by molar-refractivity contribution is -0.145. The molecular weight excluding hydrogens is 266 g/mol. The van der Waals surface area contributed by atoms with E-state index in [0.29, 0.717) is 12.1 Å². The number of carbonyl (C=O) groups is 1. The summed E-state index contributed by atoms with van der Waals surface area (Å²) in [5.41, 5.74) is 4.06. The second kappa shape index (κ2) is 6.01. The first kappa shape index (κ1) is 15.4. The molecule has 0 aliphatic carbocycles. The Bertz CT molecular complexity index is 460. The summed E-state index contributed by atoms with van der Waals surface area (Å²) in [7, 11) is 0. The Morgan fingerprint density at radius 3 is 2.58 bits per heavy atom. The van der Waals surface area contributed by atoms with Crippen LogP contribution in [0.15, 0.2) is 18.2 Å². The number of rotatable bonds is 4. The van der Waals surface area contributed by atoms with Gasteiger partial charge in [0.2, 0.25) is 0 Å². The third-order valence-electron chi connectivity index (χ3n) is 2.40. The molecule has 0 amide bonds. The van der Waals surface area contributed by atoms with Crippen LogP contribution in [0.5, 0.6) is 0 Å². The van der Waals surface area contributed by atoms with Crippen molar-refractivity contribution < 1.29 is 27.1 Å². The average molecular weight is 279 g/mol. The molecule has 0 radical (unpaired) electrons. The average Bonchev–Trinajstić information content (AvgIpc) is 2.27. The van der Waals surface area contributed by atoms with Crippen LogP contribution < -0.4 is 5.73 Å². The van der Waals surface area contributed by atoms with Crippen LogP contribution in [0.2, 0.25) is 0 Å². The first-order chi connectivity index (χ1) is 8.75. The Morgan fingerprint density at radius 2 is 2.05 bits per heavy atom. The van der Waals surface area contributed by atoms with Gasteiger partial charge in [-0.2, -0.15) is 13.2 Å². The second-order valence-electron chi connectivity index (χ2n) is 3.86. The zero-order valence-electron chi connectivity index (χ0n) is 10.1. The summed E-state index contributed by atoms with van der Waals surface area (Å²) in [6, 6.07) is 0.801. The Kier molecular flexibility index (Phi) is 4.88. The fourth-order valence-electron chi connectivity index (χ4n) is 1.58. The van der Waals surface area contributed by atoms with E-state index in [1.807, 2.05) is 0 Å². The van der Waals surface area contributed by atoms with E-state index in [4.69, 9.17) is 5.73 Å².